The van der Waals surface area contributed by atoms with E-state index in [-0.39, 0.29) is 15.2 Å². The zero-order valence-electron chi connectivity index (χ0n) is 10.5. The van der Waals surface area contributed by atoms with Gasteiger partial charge in [-0.3, -0.25) is 4.79 Å². The molecular weight excluding hydrogens is 373 g/mol. The number of carbonyl (C=O) groups is 1. The third kappa shape index (κ3) is 3.70. The van der Waals surface area contributed by atoms with Crippen molar-refractivity contribution in [3.05, 3.63) is 33.2 Å². The first-order valence-electron chi connectivity index (χ1n) is 5.50. The molecule has 0 aliphatic heterocycles. The Bertz CT molecular complexity index is 674. The third-order valence-corrected chi connectivity index (χ3v) is 3.99. The Hall–Kier alpha value is -1.68. The van der Waals surface area contributed by atoms with Gasteiger partial charge in [0, 0.05) is 17.2 Å². The maximum atomic E-state index is 12.8. The van der Waals surface area contributed by atoms with Crippen LogP contribution >= 0.6 is 27.3 Å². The number of nitrogens with zero attached hydrogens (tertiary/aromatic N) is 2. The number of hydrogen-bond donors (Lipinski definition) is 2. The van der Waals surface area contributed by atoms with Gasteiger partial charge in [0.15, 0.2) is 0 Å². The van der Waals surface area contributed by atoms with Crippen LogP contribution in [-0.4, -0.2) is 23.2 Å². The first-order valence-corrected chi connectivity index (χ1v) is 7.11. The van der Waals surface area contributed by atoms with Crippen LogP contribution in [-0.2, 0) is 6.18 Å². The van der Waals surface area contributed by atoms with Crippen molar-refractivity contribution in [1.82, 2.24) is 10.2 Å². The number of carbonyl (C=O) groups excluding carboxylic acids is 1. The summed E-state index contributed by atoms with van der Waals surface area (Å²) in [5.74, 6) is -0.621. The summed E-state index contributed by atoms with van der Waals surface area (Å²) in [7, 11) is 1.62. The molecule has 21 heavy (non-hydrogen) atoms. The van der Waals surface area contributed by atoms with Crippen molar-refractivity contribution in [2.45, 2.75) is 6.18 Å². The first kappa shape index (κ1) is 15.7. The zero-order chi connectivity index (χ0) is 15.6. The summed E-state index contributed by atoms with van der Waals surface area (Å²) in [5.41, 5.74) is -0.842. The van der Waals surface area contributed by atoms with E-state index in [1.165, 1.54) is 12.1 Å². The lowest BCUT2D eigenvalue weighted by molar-refractivity contribution is -0.138. The molecule has 0 saturated carbocycles. The number of aromatic nitrogens is 2. The van der Waals surface area contributed by atoms with E-state index in [4.69, 9.17) is 0 Å². The normalized spacial score (nSPS) is 11.3. The fourth-order valence-electron chi connectivity index (χ4n) is 1.42. The van der Waals surface area contributed by atoms with Gasteiger partial charge in [0.2, 0.25) is 10.1 Å². The van der Waals surface area contributed by atoms with Crippen molar-refractivity contribution >= 4 is 44.0 Å². The summed E-state index contributed by atoms with van der Waals surface area (Å²) < 4.78 is 38.2. The number of rotatable bonds is 3. The first-order chi connectivity index (χ1) is 9.81. The number of amides is 1. The molecule has 0 bridgehead atoms. The minimum atomic E-state index is -4.51. The Labute approximate surface area is 129 Å². The second-order valence-electron chi connectivity index (χ2n) is 3.81. The molecule has 0 atom stereocenters. The summed E-state index contributed by atoms with van der Waals surface area (Å²) in [6.45, 7) is 0. The van der Waals surface area contributed by atoms with E-state index in [0.717, 1.165) is 17.4 Å². The quantitative estimate of drug-likeness (QED) is 0.853. The highest BCUT2D eigenvalue weighted by Crippen LogP contribution is 2.36. The fourth-order valence-corrected chi connectivity index (χ4v) is 2.48. The van der Waals surface area contributed by atoms with Crippen LogP contribution < -0.4 is 10.6 Å². The van der Waals surface area contributed by atoms with E-state index in [9.17, 15) is 18.0 Å². The molecule has 1 aromatic carbocycles. The molecule has 10 heteroatoms. The number of hydrogen-bond acceptors (Lipinski definition) is 5. The maximum absolute atomic E-state index is 12.8. The molecule has 2 aromatic rings. The van der Waals surface area contributed by atoms with Crippen LogP contribution in [0.2, 0.25) is 0 Å². The van der Waals surface area contributed by atoms with Gasteiger partial charge < -0.3 is 10.6 Å². The van der Waals surface area contributed by atoms with Crippen LogP contribution in [0.4, 0.5) is 24.0 Å². The number of alkyl halides is 3. The highest BCUT2D eigenvalue weighted by atomic mass is 79.9. The van der Waals surface area contributed by atoms with Gasteiger partial charge >= 0.3 is 6.18 Å². The molecule has 112 valence electrons. The smallest absolute Gasteiger partial charge is 0.363 e. The van der Waals surface area contributed by atoms with Gasteiger partial charge in [-0.05, 0) is 18.2 Å². The van der Waals surface area contributed by atoms with E-state index in [2.05, 4.69) is 36.8 Å². The third-order valence-electron chi connectivity index (χ3n) is 2.36. The van der Waals surface area contributed by atoms with Gasteiger partial charge in [-0.2, -0.15) is 13.2 Å². The van der Waals surface area contributed by atoms with E-state index < -0.39 is 17.6 Å². The van der Waals surface area contributed by atoms with E-state index in [0.29, 0.717) is 5.13 Å². The van der Waals surface area contributed by atoms with Crippen molar-refractivity contribution in [3.8, 4) is 0 Å². The molecule has 0 radical (unpaired) electrons. The number of halogens is 4. The summed E-state index contributed by atoms with van der Waals surface area (Å²) in [6.07, 6.45) is -4.51. The standard InChI is InChI=1S/C11H8BrF3N4OS/c1-16-10-19-18-9(21-10)8(20)17-5-2-3-7(12)6(4-5)11(13,14)15/h2-4H,1H3,(H,16,19)(H,17,20). The second-order valence-corrected chi connectivity index (χ2v) is 5.64. The van der Waals surface area contributed by atoms with E-state index >= 15 is 0 Å². The molecule has 0 fully saturated rings. The Morgan fingerprint density at radius 3 is 2.62 bits per heavy atom. The predicted molar refractivity (Wildman–Crippen MR) is 76.6 cm³/mol. The molecule has 1 amide bonds. The molecule has 2 N–H and O–H groups in total. The van der Waals surface area contributed by atoms with Gasteiger partial charge in [0.05, 0.1) is 5.56 Å². The Balaban J connectivity index is 2.21. The largest absolute Gasteiger partial charge is 0.417 e. The zero-order valence-corrected chi connectivity index (χ0v) is 12.9. The molecule has 1 heterocycles. The van der Waals surface area contributed by atoms with Crippen molar-refractivity contribution < 1.29 is 18.0 Å². The number of nitrogens with one attached hydrogen (secondary N) is 2. The van der Waals surface area contributed by atoms with Crippen LogP contribution in [0.1, 0.15) is 15.4 Å². The molecule has 0 spiro atoms. The van der Waals surface area contributed by atoms with E-state index in [1.807, 2.05) is 0 Å². The van der Waals surface area contributed by atoms with Gasteiger partial charge in [-0.25, -0.2) is 0 Å². The molecule has 0 saturated heterocycles. The highest BCUT2D eigenvalue weighted by Gasteiger charge is 2.33. The average Bonchev–Trinajstić information content (AvgIpc) is 2.88. The van der Waals surface area contributed by atoms with Gasteiger partial charge in [0.1, 0.15) is 0 Å². The minimum absolute atomic E-state index is 0.0248. The molecule has 2 rings (SSSR count). The molecule has 5 nitrogen and oxygen atoms in total. The average molecular weight is 381 g/mol. The number of benzene rings is 1. The van der Waals surface area contributed by atoms with Crippen LogP contribution in [0.3, 0.4) is 0 Å². The van der Waals surface area contributed by atoms with Crippen molar-refractivity contribution in [1.29, 1.82) is 0 Å². The highest BCUT2D eigenvalue weighted by molar-refractivity contribution is 9.10. The summed E-state index contributed by atoms with van der Waals surface area (Å²) in [5, 5.41) is 12.9. The van der Waals surface area contributed by atoms with Crippen molar-refractivity contribution in [2.75, 3.05) is 17.7 Å². The fraction of sp³-hybridized carbons (Fsp3) is 0.182. The van der Waals surface area contributed by atoms with Crippen LogP contribution in [0.25, 0.3) is 0 Å². The Kier molecular flexibility index (Phi) is 4.47. The SMILES string of the molecule is CNc1nnc(C(=O)Nc2ccc(Br)c(C(F)(F)F)c2)s1. The van der Waals surface area contributed by atoms with Crippen LogP contribution in [0.15, 0.2) is 22.7 Å². The molecule has 1 aromatic heterocycles. The lowest BCUT2D eigenvalue weighted by atomic mass is 10.2. The van der Waals surface area contributed by atoms with E-state index in [1.54, 1.807) is 7.05 Å². The van der Waals surface area contributed by atoms with Crippen LogP contribution in [0, 0.1) is 0 Å². The minimum Gasteiger partial charge on any atom is -0.363 e. The van der Waals surface area contributed by atoms with Crippen molar-refractivity contribution in [2.24, 2.45) is 0 Å². The monoisotopic (exact) mass is 380 g/mol. The summed E-state index contributed by atoms with van der Waals surface area (Å²) in [4.78, 5) is 11.9. The molecular formula is C11H8BrF3N4OS. The Morgan fingerprint density at radius 1 is 1.33 bits per heavy atom. The lowest BCUT2D eigenvalue weighted by Gasteiger charge is -2.11. The van der Waals surface area contributed by atoms with Gasteiger partial charge in [0.25, 0.3) is 5.91 Å². The van der Waals surface area contributed by atoms with Gasteiger partial charge in [-0.1, -0.05) is 27.3 Å². The maximum Gasteiger partial charge on any atom is 0.417 e. The Morgan fingerprint density at radius 2 is 2.05 bits per heavy atom. The number of anilines is 2. The molecule has 0 unspecified atom stereocenters. The topological polar surface area (TPSA) is 66.9 Å². The second kappa shape index (κ2) is 5.98. The predicted octanol–water partition coefficient (Wildman–Crippen LogP) is 3.61. The summed E-state index contributed by atoms with van der Waals surface area (Å²) >= 11 is 3.83. The summed E-state index contributed by atoms with van der Waals surface area (Å²) in [6, 6.07) is 3.43. The van der Waals surface area contributed by atoms with Crippen LogP contribution in [0.5, 0.6) is 0 Å². The molecule has 0 aliphatic rings. The molecule has 0 aliphatic carbocycles. The van der Waals surface area contributed by atoms with Crippen molar-refractivity contribution in [3.63, 3.8) is 0 Å². The van der Waals surface area contributed by atoms with Gasteiger partial charge in [-0.15, -0.1) is 10.2 Å². The lowest BCUT2D eigenvalue weighted by Crippen LogP contribution is -2.13.